The molecule has 0 aliphatic carbocycles. The summed E-state index contributed by atoms with van der Waals surface area (Å²) in [7, 11) is 1.56. The van der Waals surface area contributed by atoms with Gasteiger partial charge in [-0.3, -0.25) is 14.3 Å². The summed E-state index contributed by atoms with van der Waals surface area (Å²) < 4.78 is 3.06. The fraction of sp³-hybridized carbons (Fsp3) is 0.400. The van der Waals surface area contributed by atoms with Crippen molar-refractivity contribution < 1.29 is 5.11 Å². The van der Waals surface area contributed by atoms with E-state index in [4.69, 9.17) is 0 Å². The van der Waals surface area contributed by atoms with E-state index in [2.05, 4.69) is 27.4 Å². The second-order valence-corrected chi connectivity index (χ2v) is 6.96. The number of H-pyrrole nitrogens is 1. The molecular weight excluding hydrogens is 372 g/mol. The smallest absolute Gasteiger partial charge is 0.329 e. The molecule has 0 aliphatic rings. The summed E-state index contributed by atoms with van der Waals surface area (Å²) in [6.07, 6.45) is 4.11. The van der Waals surface area contributed by atoms with E-state index in [0.717, 1.165) is 25.7 Å². The Morgan fingerprint density at radius 2 is 2.00 bits per heavy atom. The molecule has 0 fully saturated rings. The van der Waals surface area contributed by atoms with Crippen LogP contribution in [-0.2, 0) is 13.6 Å². The molecule has 0 atom stereocenters. The average molecular weight is 398 g/mol. The highest BCUT2D eigenvalue weighted by molar-refractivity contribution is 6.01. The van der Waals surface area contributed by atoms with Crippen molar-refractivity contribution in [3.8, 4) is 5.75 Å². The van der Waals surface area contributed by atoms with E-state index in [0.29, 0.717) is 34.9 Å². The maximum absolute atomic E-state index is 12.5. The molecule has 0 unspecified atom stereocenters. The lowest BCUT2D eigenvalue weighted by Gasteiger charge is -2.09. The Kier molecular flexibility index (Phi) is 6.16. The maximum Gasteiger partial charge on any atom is 0.329 e. The van der Waals surface area contributed by atoms with Crippen molar-refractivity contribution in [2.75, 3.05) is 5.43 Å². The molecule has 3 rings (SSSR count). The van der Waals surface area contributed by atoms with Crippen LogP contribution in [0, 0.1) is 0 Å². The number of aryl methyl sites for hydroxylation is 2. The van der Waals surface area contributed by atoms with Crippen LogP contribution in [0.2, 0.25) is 0 Å². The SMILES string of the molecule is CCCCCCn1c(NN=C(C)c2ccccc2O)nc2c1c(=O)[nH]c(=O)n2C. The lowest BCUT2D eigenvalue weighted by Crippen LogP contribution is -2.29. The number of hydrogen-bond acceptors (Lipinski definition) is 6. The van der Waals surface area contributed by atoms with Crippen LogP contribution < -0.4 is 16.7 Å². The molecule has 9 heteroatoms. The highest BCUT2D eigenvalue weighted by atomic mass is 16.3. The average Bonchev–Trinajstić information content (AvgIpc) is 3.07. The van der Waals surface area contributed by atoms with Crippen LogP contribution in [-0.4, -0.2) is 29.9 Å². The first-order chi connectivity index (χ1) is 13.9. The summed E-state index contributed by atoms with van der Waals surface area (Å²) in [5, 5.41) is 14.3. The minimum Gasteiger partial charge on any atom is -0.507 e. The fourth-order valence-electron chi connectivity index (χ4n) is 3.21. The largest absolute Gasteiger partial charge is 0.507 e. The molecule has 3 N–H and O–H groups in total. The molecule has 29 heavy (non-hydrogen) atoms. The number of para-hydroxylation sites is 1. The third kappa shape index (κ3) is 4.23. The molecule has 0 bridgehead atoms. The van der Waals surface area contributed by atoms with Crippen molar-refractivity contribution in [3.05, 3.63) is 50.7 Å². The molecule has 0 saturated carbocycles. The quantitative estimate of drug-likeness (QED) is 0.306. The van der Waals surface area contributed by atoms with Crippen molar-refractivity contribution in [1.82, 2.24) is 19.1 Å². The van der Waals surface area contributed by atoms with Gasteiger partial charge in [0.25, 0.3) is 5.56 Å². The Balaban J connectivity index is 2.01. The van der Waals surface area contributed by atoms with E-state index in [1.807, 2.05) is 6.07 Å². The Hall–Kier alpha value is -3.36. The number of phenols is 1. The van der Waals surface area contributed by atoms with Crippen LogP contribution in [0.4, 0.5) is 5.95 Å². The number of nitrogens with zero attached hydrogens (tertiary/aromatic N) is 4. The van der Waals surface area contributed by atoms with E-state index in [1.54, 1.807) is 36.7 Å². The molecule has 154 valence electrons. The normalized spacial score (nSPS) is 11.9. The predicted octanol–water partition coefficient (Wildman–Crippen LogP) is 2.55. The van der Waals surface area contributed by atoms with Gasteiger partial charge in [-0.15, -0.1) is 0 Å². The summed E-state index contributed by atoms with van der Waals surface area (Å²) in [5.74, 6) is 0.500. The van der Waals surface area contributed by atoms with Gasteiger partial charge in [-0.2, -0.15) is 10.1 Å². The van der Waals surface area contributed by atoms with E-state index < -0.39 is 11.2 Å². The first-order valence-electron chi connectivity index (χ1n) is 9.72. The van der Waals surface area contributed by atoms with Gasteiger partial charge in [-0.1, -0.05) is 38.3 Å². The van der Waals surface area contributed by atoms with Crippen LogP contribution in [0.1, 0.15) is 45.1 Å². The molecule has 1 aromatic carbocycles. The number of benzene rings is 1. The van der Waals surface area contributed by atoms with Crippen molar-refractivity contribution >= 4 is 22.8 Å². The van der Waals surface area contributed by atoms with Gasteiger partial charge in [0.15, 0.2) is 11.2 Å². The molecular formula is C20H26N6O3. The van der Waals surface area contributed by atoms with Crippen molar-refractivity contribution in [1.29, 1.82) is 0 Å². The zero-order chi connectivity index (χ0) is 21.0. The van der Waals surface area contributed by atoms with Gasteiger partial charge in [0.05, 0.1) is 5.71 Å². The molecule has 0 radical (unpaired) electrons. The van der Waals surface area contributed by atoms with Gasteiger partial charge < -0.3 is 9.67 Å². The number of imidazole rings is 1. The van der Waals surface area contributed by atoms with Gasteiger partial charge in [-0.05, 0) is 25.5 Å². The van der Waals surface area contributed by atoms with Crippen LogP contribution >= 0.6 is 0 Å². The number of unbranched alkanes of at least 4 members (excludes halogenated alkanes) is 3. The summed E-state index contributed by atoms with van der Waals surface area (Å²) in [6, 6.07) is 6.90. The first kappa shape index (κ1) is 20.4. The lowest BCUT2D eigenvalue weighted by molar-refractivity contribution is 0.474. The first-order valence-corrected chi connectivity index (χ1v) is 9.72. The summed E-state index contributed by atoms with van der Waals surface area (Å²) in [4.78, 5) is 31.2. The number of aromatic hydroxyl groups is 1. The molecule has 2 heterocycles. The van der Waals surface area contributed by atoms with Crippen LogP contribution in [0.25, 0.3) is 11.2 Å². The van der Waals surface area contributed by atoms with Crippen molar-refractivity contribution in [2.45, 2.75) is 46.1 Å². The molecule has 0 spiro atoms. The third-order valence-corrected chi connectivity index (χ3v) is 4.86. The van der Waals surface area contributed by atoms with Gasteiger partial charge in [0.1, 0.15) is 5.75 Å². The Bertz CT molecular complexity index is 1160. The monoisotopic (exact) mass is 398 g/mol. The topological polar surface area (TPSA) is 117 Å². The minimum atomic E-state index is -0.515. The third-order valence-electron chi connectivity index (χ3n) is 4.86. The highest BCUT2D eigenvalue weighted by Gasteiger charge is 2.17. The van der Waals surface area contributed by atoms with Crippen molar-refractivity contribution in [3.63, 3.8) is 0 Å². The molecule has 9 nitrogen and oxygen atoms in total. The zero-order valence-electron chi connectivity index (χ0n) is 16.9. The maximum atomic E-state index is 12.5. The van der Waals surface area contributed by atoms with Gasteiger partial charge in [0.2, 0.25) is 5.95 Å². The van der Waals surface area contributed by atoms with Gasteiger partial charge in [-0.25, -0.2) is 10.2 Å². The van der Waals surface area contributed by atoms with Gasteiger partial charge in [0, 0.05) is 19.2 Å². The Morgan fingerprint density at radius 1 is 1.24 bits per heavy atom. The molecule has 2 aromatic heterocycles. The van der Waals surface area contributed by atoms with Crippen LogP contribution in [0.5, 0.6) is 5.75 Å². The summed E-state index contributed by atoms with van der Waals surface area (Å²) in [6.45, 7) is 4.47. The Labute approximate surface area is 167 Å². The van der Waals surface area contributed by atoms with Gasteiger partial charge >= 0.3 is 5.69 Å². The van der Waals surface area contributed by atoms with E-state index in [-0.39, 0.29) is 5.75 Å². The van der Waals surface area contributed by atoms with E-state index >= 15 is 0 Å². The fourth-order valence-corrected chi connectivity index (χ4v) is 3.21. The number of anilines is 1. The molecule has 0 amide bonds. The second kappa shape index (κ2) is 8.76. The van der Waals surface area contributed by atoms with Crippen LogP contribution in [0.15, 0.2) is 39.0 Å². The lowest BCUT2D eigenvalue weighted by atomic mass is 10.1. The minimum absolute atomic E-state index is 0.127. The number of hydrogen-bond donors (Lipinski definition) is 3. The zero-order valence-corrected chi connectivity index (χ0v) is 16.9. The molecule has 0 aliphatic heterocycles. The highest BCUT2D eigenvalue weighted by Crippen LogP contribution is 2.19. The number of hydrazone groups is 1. The molecule has 0 saturated heterocycles. The van der Waals surface area contributed by atoms with E-state index in [1.165, 1.54) is 4.57 Å². The Morgan fingerprint density at radius 3 is 2.72 bits per heavy atom. The second-order valence-electron chi connectivity index (χ2n) is 6.96. The molecule has 3 aromatic rings. The summed E-state index contributed by atoms with van der Waals surface area (Å²) >= 11 is 0. The number of aromatic amines is 1. The number of rotatable bonds is 8. The van der Waals surface area contributed by atoms with E-state index in [9.17, 15) is 14.7 Å². The standard InChI is InChI=1S/C20H26N6O3/c1-4-5-6-9-12-26-16-17(25(3)20(29)22-18(16)28)21-19(26)24-23-13(2)14-10-7-8-11-15(14)27/h7-8,10-11,27H,4-6,9,12H2,1-3H3,(H,21,24)(H,22,28,29). The van der Waals surface area contributed by atoms with Crippen molar-refractivity contribution in [2.24, 2.45) is 12.1 Å². The number of fused-ring (bicyclic) bond motifs is 1. The predicted molar refractivity (Wildman–Crippen MR) is 114 cm³/mol. The number of aromatic nitrogens is 4. The number of nitrogens with one attached hydrogen (secondary N) is 2. The van der Waals surface area contributed by atoms with Crippen LogP contribution in [0.3, 0.4) is 0 Å². The number of phenolic OH excluding ortho intramolecular Hbond substituents is 1. The summed E-state index contributed by atoms with van der Waals surface area (Å²) in [5.41, 5.74) is 3.71.